The summed E-state index contributed by atoms with van der Waals surface area (Å²) < 4.78 is 0.0926. The average molecular weight is 219 g/mol. The van der Waals surface area contributed by atoms with Gasteiger partial charge in [-0.1, -0.05) is 0 Å². The molecule has 5 nitrogen and oxygen atoms in total. The van der Waals surface area contributed by atoms with Gasteiger partial charge >= 0.3 is 0 Å². The molecule has 0 aromatic carbocycles. The first-order chi connectivity index (χ1) is 5.11. The van der Waals surface area contributed by atoms with Crippen molar-refractivity contribution >= 4 is 21.6 Å². The van der Waals surface area contributed by atoms with E-state index in [0.717, 1.165) is 12.1 Å². The van der Waals surface area contributed by atoms with Gasteiger partial charge in [0.25, 0.3) is 5.69 Å². The van der Waals surface area contributed by atoms with Crippen molar-refractivity contribution in [1.82, 2.24) is 4.98 Å². The highest BCUT2D eigenvalue weighted by atomic mass is 79.9. The van der Waals surface area contributed by atoms with E-state index in [9.17, 15) is 14.9 Å². The number of halogens is 1. The van der Waals surface area contributed by atoms with Gasteiger partial charge in [-0.3, -0.25) is 14.9 Å². The molecule has 0 unspecified atom stereocenters. The van der Waals surface area contributed by atoms with E-state index in [1.54, 1.807) is 0 Å². The second-order valence-electron chi connectivity index (χ2n) is 1.78. The van der Waals surface area contributed by atoms with Crippen LogP contribution in [0, 0.1) is 10.1 Å². The van der Waals surface area contributed by atoms with Gasteiger partial charge in [-0.25, -0.2) is 0 Å². The van der Waals surface area contributed by atoms with E-state index in [-0.39, 0.29) is 15.8 Å². The maximum absolute atomic E-state index is 10.6. The highest BCUT2D eigenvalue weighted by Gasteiger charge is 2.10. The van der Waals surface area contributed by atoms with Gasteiger partial charge in [0.2, 0.25) is 5.56 Å². The predicted molar refractivity (Wildman–Crippen MR) is 41.4 cm³/mol. The first-order valence-electron chi connectivity index (χ1n) is 2.64. The fourth-order valence-electron chi connectivity index (χ4n) is 0.583. The van der Waals surface area contributed by atoms with Crippen molar-refractivity contribution in [3.05, 3.63) is 37.2 Å². The van der Waals surface area contributed by atoms with Crippen LogP contribution in [-0.4, -0.2) is 9.91 Å². The molecule has 1 aromatic rings. The van der Waals surface area contributed by atoms with Crippen LogP contribution >= 0.6 is 15.9 Å². The molecule has 0 atom stereocenters. The second kappa shape index (κ2) is 2.83. The van der Waals surface area contributed by atoms with E-state index in [2.05, 4.69) is 20.9 Å². The summed E-state index contributed by atoms with van der Waals surface area (Å²) in [7, 11) is 0. The molecule has 0 radical (unpaired) electrons. The monoisotopic (exact) mass is 218 g/mol. The zero-order valence-corrected chi connectivity index (χ0v) is 6.79. The Balaban J connectivity index is 3.31. The second-order valence-corrected chi connectivity index (χ2v) is 2.57. The molecule has 0 saturated carbocycles. The van der Waals surface area contributed by atoms with Gasteiger partial charge in [0, 0.05) is 12.1 Å². The Morgan fingerprint density at radius 2 is 2.18 bits per heavy atom. The van der Waals surface area contributed by atoms with Crippen molar-refractivity contribution in [2.24, 2.45) is 0 Å². The Labute approximate surface area is 69.3 Å². The normalized spacial score (nSPS) is 9.55. The van der Waals surface area contributed by atoms with E-state index in [1.807, 2.05) is 0 Å². The minimum Gasteiger partial charge on any atom is -0.311 e. The average Bonchev–Trinajstić information content (AvgIpc) is 1.85. The van der Waals surface area contributed by atoms with Crippen molar-refractivity contribution in [3.8, 4) is 0 Å². The minimum absolute atomic E-state index is 0.0926. The fourth-order valence-corrected chi connectivity index (χ4v) is 1.05. The third-order valence-electron chi connectivity index (χ3n) is 1.05. The van der Waals surface area contributed by atoms with E-state index in [4.69, 9.17) is 0 Å². The van der Waals surface area contributed by atoms with Crippen LogP contribution < -0.4 is 5.56 Å². The summed E-state index contributed by atoms with van der Waals surface area (Å²) in [5.74, 6) is 0. The van der Waals surface area contributed by atoms with Gasteiger partial charge < -0.3 is 4.98 Å². The van der Waals surface area contributed by atoms with Gasteiger partial charge in [-0.15, -0.1) is 0 Å². The molecule has 0 spiro atoms. The molecule has 0 aliphatic heterocycles. The predicted octanol–water partition coefficient (Wildman–Crippen LogP) is 1.05. The SMILES string of the molecule is O=c1ccc([N+](=O)[O-])c(Br)[nH]1. The molecule has 0 saturated heterocycles. The van der Waals surface area contributed by atoms with Crippen molar-refractivity contribution in [1.29, 1.82) is 0 Å². The number of nitrogens with zero attached hydrogens (tertiary/aromatic N) is 1. The van der Waals surface area contributed by atoms with Crippen LogP contribution in [0.25, 0.3) is 0 Å². The van der Waals surface area contributed by atoms with Gasteiger partial charge in [0.15, 0.2) is 4.60 Å². The van der Waals surface area contributed by atoms with Crippen LogP contribution in [0.3, 0.4) is 0 Å². The van der Waals surface area contributed by atoms with Crippen LogP contribution in [0.15, 0.2) is 21.5 Å². The molecule has 1 rings (SSSR count). The third-order valence-corrected chi connectivity index (χ3v) is 1.65. The highest BCUT2D eigenvalue weighted by Crippen LogP contribution is 2.18. The molecule has 0 fully saturated rings. The van der Waals surface area contributed by atoms with E-state index < -0.39 is 4.92 Å². The molecule has 0 amide bonds. The number of rotatable bonds is 1. The Morgan fingerprint density at radius 1 is 1.55 bits per heavy atom. The molecule has 6 heteroatoms. The molecule has 58 valence electrons. The molecule has 11 heavy (non-hydrogen) atoms. The number of hydrogen-bond acceptors (Lipinski definition) is 3. The fraction of sp³-hybridized carbons (Fsp3) is 0. The standard InChI is InChI=1S/C5H3BrN2O3/c6-5-3(8(10)11)1-2-4(9)7-5/h1-2H,(H,7,9). The Bertz CT molecular complexity index is 346. The van der Waals surface area contributed by atoms with E-state index >= 15 is 0 Å². The van der Waals surface area contributed by atoms with Crippen molar-refractivity contribution in [3.63, 3.8) is 0 Å². The molecule has 1 aromatic heterocycles. The molecule has 0 aliphatic rings. The largest absolute Gasteiger partial charge is 0.311 e. The number of aromatic nitrogens is 1. The maximum Gasteiger partial charge on any atom is 0.300 e. The number of pyridine rings is 1. The van der Waals surface area contributed by atoms with E-state index in [0.29, 0.717) is 0 Å². The lowest BCUT2D eigenvalue weighted by Gasteiger charge is -1.91. The number of hydrogen-bond donors (Lipinski definition) is 1. The van der Waals surface area contributed by atoms with Crippen molar-refractivity contribution in [2.45, 2.75) is 0 Å². The first-order valence-corrected chi connectivity index (χ1v) is 3.44. The summed E-state index contributed by atoms with van der Waals surface area (Å²) in [6.07, 6.45) is 0. The lowest BCUT2D eigenvalue weighted by atomic mass is 10.4. The lowest BCUT2D eigenvalue weighted by Crippen LogP contribution is -2.04. The van der Waals surface area contributed by atoms with Crippen molar-refractivity contribution in [2.75, 3.05) is 0 Å². The summed E-state index contributed by atoms with van der Waals surface area (Å²) in [6, 6.07) is 2.24. The number of aromatic amines is 1. The number of H-pyrrole nitrogens is 1. The summed E-state index contributed by atoms with van der Waals surface area (Å²) in [4.78, 5) is 22.4. The van der Waals surface area contributed by atoms with Gasteiger partial charge in [-0.05, 0) is 15.9 Å². The molecular formula is C5H3BrN2O3. The van der Waals surface area contributed by atoms with Crippen LogP contribution in [0.1, 0.15) is 0 Å². The summed E-state index contributed by atoms with van der Waals surface area (Å²) >= 11 is 2.85. The van der Waals surface area contributed by atoms with Gasteiger partial charge in [0.1, 0.15) is 0 Å². The zero-order valence-electron chi connectivity index (χ0n) is 5.20. The summed E-state index contributed by atoms with van der Waals surface area (Å²) in [5, 5.41) is 10.2. The summed E-state index contributed by atoms with van der Waals surface area (Å²) in [6.45, 7) is 0. The molecular weight excluding hydrogens is 216 g/mol. The van der Waals surface area contributed by atoms with Crippen LogP contribution in [0.4, 0.5) is 5.69 Å². The number of nitrogens with one attached hydrogen (secondary N) is 1. The smallest absolute Gasteiger partial charge is 0.300 e. The topological polar surface area (TPSA) is 76.0 Å². The van der Waals surface area contributed by atoms with Crippen LogP contribution in [0.2, 0.25) is 0 Å². The summed E-state index contributed by atoms with van der Waals surface area (Å²) in [5.41, 5.74) is -0.521. The lowest BCUT2D eigenvalue weighted by molar-refractivity contribution is -0.386. The van der Waals surface area contributed by atoms with Crippen LogP contribution in [-0.2, 0) is 0 Å². The Hall–Kier alpha value is -1.17. The van der Waals surface area contributed by atoms with Crippen LogP contribution in [0.5, 0.6) is 0 Å². The van der Waals surface area contributed by atoms with Crippen molar-refractivity contribution < 1.29 is 4.92 Å². The first kappa shape index (κ1) is 7.93. The Kier molecular flexibility index (Phi) is 2.04. The zero-order chi connectivity index (χ0) is 8.43. The molecule has 0 bridgehead atoms. The minimum atomic E-state index is -0.583. The highest BCUT2D eigenvalue weighted by molar-refractivity contribution is 9.10. The Morgan fingerprint density at radius 3 is 2.64 bits per heavy atom. The van der Waals surface area contributed by atoms with Gasteiger partial charge in [-0.2, -0.15) is 0 Å². The quantitative estimate of drug-likeness (QED) is 0.435. The van der Waals surface area contributed by atoms with E-state index in [1.165, 1.54) is 0 Å². The third kappa shape index (κ3) is 1.64. The molecule has 0 aliphatic carbocycles. The number of nitro groups is 1. The van der Waals surface area contributed by atoms with Gasteiger partial charge in [0.05, 0.1) is 4.92 Å². The maximum atomic E-state index is 10.6. The molecule has 1 N–H and O–H groups in total. The molecule has 1 heterocycles.